The summed E-state index contributed by atoms with van der Waals surface area (Å²) in [6.45, 7) is 6.41. The molecule has 3 N–H and O–H groups in total. The van der Waals surface area contributed by atoms with E-state index in [1.165, 1.54) is 20.0 Å². The second-order valence-electron chi connectivity index (χ2n) is 5.81. The van der Waals surface area contributed by atoms with Gasteiger partial charge in [0.2, 0.25) is 5.91 Å². The number of carbonyl (C=O) groups is 3. The number of halogens is 1. The maximum absolute atomic E-state index is 12.0. The minimum absolute atomic E-state index is 0.0113. The van der Waals surface area contributed by atoms with Crippen LogP contribution in [0.4, 0.5) is 10.5 Å². The summed E-state index contributed by atoms with van der Waals surface area (Å²) < 4.78 is 0. The predicted molar refractivity (Wildman–Crippen MR) is 99.0 cm³/mol. The van der Waals surface area contributed by atoms with E-state index in [0.717, 1.165) is 0 Å². The molecule has 0 spiro atoms. The molecule has 0 aliphatic carbocycles. The monoisotopic (exact) mass is 368 g/mol. The molecule has 0 fully saturated rings. The number of hydrogen-bond acceptors (Lipinski definition) is 3. The van der Waals surface area contributed by atoms with E-state index in [1.807, 2.05) is 13.8 Å². The highest BCUT2D eigenvalue weighted by atomic mass is 35.5. The van der Waals surface area contributed by atoms with Gasteiger partial charge in [-0.2, -0.15) is 0 Å². The average Bonchev–Trinajstić information content (AvgIpc) is 2.55. The number of nitrogens with one attached hydrogen (secondary N) is 3. The maximum Gasteiger partial charge on any atom is 0.319 e. The van der Waals surface area contributed by atoms with Crippen molar-refractivity contribution >= 4 is 35.1 Å². The number of nitrogens with zero attached hydrogens (tertiary/aromatic N) is 1. The van der Waals surface area contributed by atoms with Crippen molar-refractivity contribution in [2.24, 2.45) is 0 Å². The van der Waals surface area contributed by atoms with E-state index in [-0.39, 0.29) is 17.9 Å². The Kier molecular flexibility index (Phi) is 8.21. The van der Waals surface area contributed by atoms with Gasteiger partial charge < -0.3 is 20.9 Å². The van der Waals surface area contributed by atoms with E-state index < -0.39 is 6.03 Å². The Balaban J connectivity index is 2.52. The van der Waals surface area contributed by atoms with Crippen LogP contribution < -0.4 is 16.0 Å². The summed E-state index contributed by atoms with van der Waals surface area (Å²) in [7, 11) is 1.53. The first-order valence-electron chi connectivity index (χ1n) is 8.10. The van der Waals surface area contributed by atoms with Crippen molar-refractivity contribution in [3.05, 3.63) is 28.8 Å². The molecule has 0 aliphatic rings. The number of urea groups is 1. The van der Waals surface area contributed by atoms with E-state index in [2.05, 4.69) is 16.0 Å². The molecule has 0 aromatic heterocycles. The van der Waals surface area contributed by atoms with Crippen LogP contribution in [-0.4, -0.2) is 48.9 Å². The molecule has 0 aliphatic heterocycles. The maximum atomic E-state index is 12.0. The van der Waals surface area contributed by atoms with Crippen LogP contribution in [0.3, 0.4) is 0 Å². The number of hydrogen-bond donors (Lipinski definition) is 3. The Morgan fingerprint density at radius 1 is 1.24 bits per heavy atom. The van der Waals surface area contributed by atoms with Crippen molar-refractivity contribution in [3.8, 4) is 0 Å². The third-order valence-electron chi connectivity index (χ3n) is 3.59. The third kappa shape index (κ3) is 6.62. The van der Waals surface area contributed by atoms with Crippen LogP contribution in [0.1, 0.15) is 37.6 Å². The third-order valence-corrected chi connectivity index (χ3v) is 3.92. The highest BCUT2D eigenvalue weighted by Crippen LogP contribution is 2.23. The van der Waals surface area contributed by atoms with Crippen LogP contribution >= 0.6 is 11.6 Å². The van der Waals surface area contributed by atoms with Gasteiger partial charge in [0.05, 0.1) is 10.7 Å². The lowest BCUT2D eigenvalue weighted by atomic mass is 10.2. The molecular formula is C17H25ClN4O3. The highest BCUT2D eigenvalue weighted by Gasteiger charge is 2.13. The molecule has 25 heavy (non-hydrogen) atoms. The summed E-state index contributed by atoms with van der Waals surface area (Å²) in [5.74, 6) is -0.254. The molecule has 0 unspecified atom stereocenters. The average molecular weight is 369 g/mol. The zero-order chi connectivity index (χ0) is 19.0. The molecule has 0 saturated carbocycles. The second-order valence-corrected chi connectivity index (χ2v) is 6.22. The smallest absolute Gasteiger partial charge is 0.319 e. The van der Waals surface area contributed by atoms with Crippen molar-refractivity contribution in [1.29, 1.82) is 0 Å². The van der Waals surface area contributed by atoms with Gasteiger partial charge in [0, 0.05) is 38.7 Å². The quantitative estimate of drug-likeness (QED) is 0.646. The van der Waals surface area contributed by atoms with Crippen molar-refractivity contribution in [3.63, 3.8) is 0 Å². The lowest BCUT2D eigenvalue weighted by Gasteiger charge is -2.25. The van der Waals surface area contributed by atoms with E-state index in [0.29, 0.717) is 35.8 Å². The van der Waals surface area contributed by atoms with Gasteiger partial charge in [-0.25, -0.2) is 4.79 Å². The molecule has 8 heteroatoms. The minimum atomic E-state index is -0.421. The first-order chi connectivity index (χ1) is 11.8. The van der Waals surface area contributed by atoms with Crippen LogP contribution in [0.5, 0.6) is 0 Å². The molecule has 1 rings (SSSR count). The zero-order valence-corrected chi connectivity index (χ0v) is 15.7. The van der Waals surface area contributed by atoms with Gasteiger partial charge in [0.15, 0.2) is 0 Å². The fraction of sp³-hybridized carbons (Fsp3) is 0.471. The normalized spacial score (nSPS) is 10.3. The van der Waals surface area contributed by atoms with Gasteiger partial charge in [-0.1, -0.05) is 11.6 Å². The molecule has 0 saturated heterocycles. The summed E-state index contributed by atoms with van der Waals surface area (Å²) in [6, 6.07) is 4.34. The van der Waals surface area contributed by atoms with E-state index in [9.17, 15) is 14.4 Å². The fourth-order valence-corrected chi connectivity index (χ4v) is 2.47. The number of amides is 4. The van der Waals surface area contributed by atoms with Crippen molar-refractivity contribution in [2.45, 2.75) is 33.2 Å². The van der Waals surface area contributed by atoms with Gasteiger partial charge in [0.1, 0.15) is 0 Å². The van der Waals surface area contributed by atoms with Crippen LogP contribution in [0, 0.1) is 0 Å². The van der Waals surface area contributed by atoms with E-state index in [4.69, 9.17) is 11.6 Å². The van der Waals surface area contributed by atoms with Crippen LogP contribution in [-0.2, 0) is 4.79 Å². The molecule has 7 nitrogen and oxygen atoms in total. The SMILES string of the molecule is CNC(=O)c1ccc(Cl)c(NC(=O)NCCCN(C(C)=O)C(C)C)c1. The molecular weight excluding hydrogens is 344 g/mol. The van der Waals surface area contributed by atoms with Gasteiger partial charge >= 0.3 is 6.03 Å². The van der Waals surface area contributed by atoms with Crippen LogP contribution in [0.15, 0.2) is 18.2 Å². The number of carbonyl (C=O) groups excluding carboxylic acids is 3. The molecule has 4 amide bonds. The van der Waals surface area contributed by atoms with Crippen molar-refractivity contribution in [1.82, 2.24) is 15.5 Å². The summed E-state index contributed by atoms with van der Waals surface area (Å²) in [4.78, 5) is 36.8. The first-order valence-corrected chi connectivity index (χ1v) is 8.47. The number of rotatable bonds is 7. The standard InChI is InChI=1S/C17H25ClN4O3/c1-11(2)22(12(3)23)9-5-8-20-17(25)21-15-10-13(16(24)19-4)6-7-14(15)18/h6-7,10-11H,5,8-9H2,1-4H3,(H,19,24)(H2,20,21,25). The lowest BCUT2D eigenvalue weighted by Crippen LogP contribution is -2.38. The Morgan fingerprint density at radius 3 is 2.48 bits per heavy atom. The minimum Gasteiger partial charge on any atom is -0.355 e. The molecule has 0 bridgehead atoms. The van der Waals surface area contributed by atoms with Crippen molar-refractivity contribution < 1.29 is 14.4 Å². The summed E-state index contributed by atoms with van der Waals surface area (Å²) in [6.07, 6.45) is 0.636. The highest BCUT2D eigenvalue weighted by molar-refractivity contribution is 6.33. The molecule has 0 radical (unpaired) electrons. The largest absolute Gasteiger partial charge is 0.355 e. The van der Waals surface area contributed by atoms with E-state index >= 15 is 0 Å². The van der Waals surface area contributed by atoms with E-state index in [1.54, 1.807) is 17.0 Å². The summed E-state index contributed by atoms with van der Waals surface area (Å²) in [5.41, 5.74) is 0.754. The number of benzene rings is 1. The van der Waals surface area contributed by atoms with Gasteiger partial charge in [-0.3, -0.25) is 9.59 Å². The summed E-state index contributed by atoms with van der Waals surface area (Å²) >= 11 is 6.04. The molecule has 138 valence electrons. The van der Waals surface area contributed by atoms with Gasteiger partial charge in [-0.05, 0) is 38.5 Å². The van der Waals surface area contributed by atoms with Crippen molar-refractivity contribution in [2.75, 3.05) is 25.5 Å². The molecule has 0 heterocycles. The summed E-state index contributed by atoms with van der Waals surface area (Å²) in [5, 5.41) is 8.18. The Labute approximate surface area is 153 Å². The van der Waals surface area contributed by atoms with Crippen LogP contribution in [0.2, 0.25) is 5.02 Å². The topological polar surface area (TPSA) is 90.5 Å². The zero-order valence-electron chi connectivity index (χ0n) is 15.0. The molecule has 1 aromatic carbocycles. The second kappa shape index (κ2) is 9.88. The van der Waals surface area contributed by atoms with Gasteiger partial charge in [-0.15, -0.1) is 0 Å². The fourth-order valence-electron chi connectivity index (χ4n) is 2.30. The number of anilines is 1. The first kappa shape index (κ1) is 20.8. The van der Waals surface area contributed by atoms with Crippen LogP contribution in [0.25, 0.3) is 0 Å². The lowest BCUT2D eigenvalue weighted by molar-refractivity contribution is -0.130. The van der Waals surface area contributed by atoms with Gasteiger partial charge in [0.25, 0.3) is 5.91 Å². The molecule has 0 atom stereocenters. The molecule has 1 aromatic rings. The Hall–Kier alpha value is -2.28. The Morgan fingerprint density at radius 2 is 1.92 bits per heavy atom. The predicted octanol–water partition coefficient (Wildman–Crippen LogP) is 2.47. The Bertz CT molecular complexity index is 634.